The van der Waals surface area contributed by atoms with Gasteiger partial charge in [0.05, 0.1) is 6.61 Å². The number of hydrogen-bond donors (Lipinski definition) is 0. The van der Waals surface area contributed by atoms with Gasteiger partial charge >= 0.3 is 0 Å². The van der Waals surface area contributed by atoms with Gasteiger partial charge in [0.15, 0.2) is 0 Å². The largest absolute Gasteiger partial charge is 0.494 e. The van der Waals surface area contributed by atoms with E-state index in [1.54, 1.807) is 12.1 Å². The second-order valence-electron chi connectivity index (χ2n) is 6.42. The predicted octanol–water partition coefficient (Wildman–Crippen LogP) is 4.02. The van der Waals surface area contributed by atoms with Crippen molar-refractivity contribution in [1.29, 1.82) is 0 Å². The van der Waals surface area contributed by atoms with Crippen molar-refractivity contribution in [1.82, 2.24) is 4.90 Å². The van der Waals surface area contributed by atoms with Crippen LogP contribution in [0.25, 0.3) is 0 Å². The number of rotatable bonds is 8. The molecule has 2 rings (SSSR count). The van der Waals surface area contributed by atoms with Crippen LogP contribution in [0.2, 0.25) is 0 Å². The van der Waals surface area contributed by atoms with Crippen LogP contribution in [0.15, 0.2) is 24.3 Å². The molecule has 122 valence electrons. The van der Waals surface area contributed by atoms with E-state index in [4.69, 9.17) is 4.74 Å². The average molecular weight is 307 g/mol. The molecule has 1 unspecified atom stereocenters. The first-order valence-corrected chi connectivity index (χ1v) is 8.18. The molecule has 1 fully saturated rings. The molecule has 1 aromatic carbocycles. The van der Waals surface area contributed by atoms with Gasteiger partial charge in [-0.1, -0.05) is 13.8 Å². The molecule has 22 heavy (non-hydrogen) atoms. The van der Waals surface area contributed by atoms with E-state index in [2.05, 4.69) is 25.7 Å². The Hall–Kier alpha value is -1.58. The molecule has 4 heteroatoms. The molecule has 0 heterocycles. The molecule has 0 aliphatic heterocycles. The zero-order chi connectivity index (χ0) is 16.1. The lowest BCUT2D eigenvalue weighted by Crippen LogP contribution is -2.43. The standard InChI is InChI=1S/C18H26FNO2/c1-13(2)14(3)20(16-8-9-16)18(21)5-4-12-22-17-10-6-15(19)7-11-17/h6-7,10-11,13-14,16H,4-5,8-9,12H2,1-3H3. The van der Waals surface area contributed by atoms with Gasteiger partial charge in [0.2, 0.25) is 5.91 Å². The molecule has 1 aromatic rings. The first kappa shape index (κ1) is 16.8. The van der Waals surface area contributed by atoms with Crippen LogP contribution in [0.5, 0.6) is 5.75 Å². The number of halogens is 1. The van der Waals surface area contributed by atoms with Gasteiger partial charge in [-0.15, -0.1) is 0 Å². The van der Waals surface area contributed by atoms with Gasteiger partial charge in [-0.25, -0.2) is 4.39 Å². The van der Waals surface area contributed by atoms with Gasteiger partial charge < -0.3 is 9.64 Å². The molecule has 1 amide bonds. The summed E-state index contributed by atoms with van der Waals surface area (Å²) < 4.78 is 18.3. The van der Waals surface area contributed by atoms with Crippen molar-refractivity contribution >= 4 is 5.91 Å². The van der Waals surface area contributed by atoms with Gasteiger partial charge in [-0.2, -0.15) is 0 Å². The second-order valence-corrected chi connectivity index (χ2v) is 6.42. The number of amides is 1. The minimum Gasteiger partial charge on any atom is -0.494 e. The second kappa shape index (κ2) is 7.61. The van der Waals surface area contributed by atoms with Crippen molar-refractivity contribution in [3.63, 3.8) is 0 Å². The third-order valence-corrected chi connectivity index (χ3v) is 4.25. The normalized spacial score (nSPS) is 15.7. The number of hydrogen-bond acceptors (Lipinski definition) is 2. The fourth-order valence-corrected chi connectivity index (χ4v) is 2.51. The lowest BCUT2D eigenvalue weighted by atomic mass is 10.0. The predicted molar refractivity (Wildman–Crippen MR) is 85.3 cm³/mol. The van der Waals surface area contributed by atoms with E-state index in [0.717, 1.165) is 12.8 Å². The summed E-state index contributed by atoms with van der Waals surface area (Å²) in [7, 11) is 0. The maximum absolute atomic E-state index is 12.8. The Balaban J connectivity index is 1.75. The third kappa shape index (κ3) is 4.72. The molecule has 1 saturated carbocycles. The van der Waals surface area contributed by atoms with Crippen LogP contribution < -0.4 is 4.74 Å². The number of carbonyl (C=O) groups excluding carboxylic acids is 1. The van der Waals surface area contributed by atoms with Gasteiger partial charge in [-0.05, 0) is 56.4 Å². The average Bonchev–Trinajstić information content (AvgIpc) is 3.30. The minimum atomic E-state index is -0.273. The van der Waals surface area contributed by atoms with E-state index in [1.807, 2.05) is 0 Å². The lowest BCUT2D eigenvalue weighted by molar-refractivity contribution is -0.135. The molecule has 1 atom stereocenters. The summed E-state index contributed by atoms with van der Waals surface area (Å²) in [5.74, 6) is 1.07. The van der Waals surface area contributed by atoms with E-state index < -0.39 is 0 Å². The van der Waals surface area contributed by atoms with Crippen LogP contribution in [0.3, 0.4) is 0 Å². The summed E-state index contributed by atoms with van der Waals surface area (Å²) in [5, 5.41) is 0. The molecular weight excluding hydrogens is 281 g/mol. The number of carbonyl (C=O) groups is 1. The quantitative estimate of drug-likeness (QED) is 0.679. The molecule has 0 aromatic heterocycles. The van der Waals surface area contributed by atoms with Gasteiger partial charge in [0, 0.05) is 18.5 Å². The number of ether oxygens (including phenoxy) is 1. The molecule has 0 N–H and O–H groups in total. The lowest BCUT2D eigenvalue weighted by Gasteiger charge is -2.32. The fraction of sp³-hybridized carbons (Fsp3) is 0.611. The zero-order valence-corrected chi connectivity index (χ0v) is 13.7. The number of benzene rings is 1. The Bertz CT molecular complexity index is 482. The summed E-state index contributed by atoms with van der Waals surface area (Å²) in [6.45, 7) is 6.93. The van der Waals surface area contributed by atoms with E-state index in [9.17, 15) is 9.18 Å². The highest BCUT2D eigenvalue weighted by atomic mass is 19.1. The minimum absolute atomic E-state index is 0.228. The Morgan fingerprint density at radius 2 is 1.91 bits per heavy atom. The Morgan fingerprint density at radius 3 is 2.45 bits per heavy atom. The Kier molecular flexibility index (Phi) is 5.81. The third-order valence-electron chi connectivity index (χ3n) is 4.25. The molecular formula is C18H26FNO2. The summed E-state index contributed by atoms with van der Waals surface area (Å²) in [4.78, 5) is 14.5. The van der Waals surface area contributed by atoms with Crippen LogP contribution in [0.4, 0.5) is 4.39 Å². The first-order chi connectivity index (χ1) is 10.5. The molecule has 0 spiro atoms. The SMILES string of the molecule is CC(C)C(C)N(C(=O)CCCOc1ccc(F)cc1)C1CC1. The number of nitrogens with zero attached hydrogens (tertiary/aromatic N) is 1. The van der Waals surface area contributed by atoms with Gasteiger partial charge in [0.1, 0.15) is 11.6 Å². The van der Waals surface area contributed by atoms with E-state index in [1.165, 1.54) is 12.1 Å². The van der Waals surface area contributed by atoms with Crippen molar-refractivity contribution in [2.45, 2.75) is 58.5 Å². The van der Waals surface area contributed by atoms with Gasteiger partial charge in [0.25, 0.3) is 0 Å². The monoisotopic (exact) mass is 307 g/mol. The van der Waals surface area contributed by atoms with Crippen molar-refractivity contribution in [2.75, 3.05) is 6.61 Å². The maximum Gasteiger partial charge on any atom is 0.223 e. The topological polar surface area (TPSA) is 29.5 Å². The van der Waals surface area contributed by atoms with Crippen LogP contribution in [0.1, 0.15) is 46.5 Å². The first-order valence-electron chi connectivity index (χ1n) is 8.18. The van der Waals surface area contributed by atoms with Crippen LogP contribution >= 0.6 is 0 Å². The summed E-state index contributed by atoms with van der Waals surface area (Å²) >= 11 is 0. The molecule has 0 saturated heterocycles. The molecule has 0 bridgehead atoms. The highest BCUT2D eigenvalue weighted by Crippen LogP contribution is 2.31. The van der Waals surface area contributed by atoms with E-state index in [0.29, 0.717) is 37.2 Å². The zero-order valence-electron chi connectivity index (χ0n) is 13.7. The van der Waals surface area contributed by atoms with Crippen LogP contribution in [-0.4, -0.2) is 29.5 Å². The van der Waals surface area contributed by atoms with Crippen LogP contribution in [-0.2, 0) is 4.79 Å². The molecule has 0 radical (unpaired) electrons. The summed E-state index contributed by atoms with van der Waals surface area (Å²) in [6, 6.07) is 6.70. The fourth-order valence-electron chi connectivity index (χ4n) is 2.51. The summed E-state index contributed by atoms with van der Waals surface area (Å²) in [6.07, 6.45) is 3.46. The Morgan fingerprint density at radius 1 is 1.27 bits per heavy atom. The molecule has 3 nitrogen and oxygen atoms in total. The Labute approximate surface area is 132 Å². The van der Waals surface area contributed by atoms with Crippen molar-refractivity contribution in [3.8, 4) is 5.75 Å². The van der Waals surface area contributed by atoms with Crippen LogP contribution in [0, 0.1) is 11.7 Å². The molecule has 1 aliphatic carbocycles. The van der Waals surface area contributed by atoms with Gasteiger partial charge in [-0.3, -0.25) is 4.79 Å². The van der Waals surface area contributed by atoms with Crippen molar-refractivity contribution in [3.05, 3.63) is 30.1 Å². The van der Waals surface area contributed by atoms with E-state index >= 15 is 0 Å². The smallest absolute Gasteiger partial charge is 0.223 e. The highest BCUT2D eigenvalue weighted by molar-refractivity contribution is 5.77. The molecule has 1 aliphatic rings. The van der Waals surface area contributed by atoms with E-state index in [-0.39, 0.29) is 17.8 Å². The summed E-state index contributed by atoms with van der Waals surface area (Å²) in [5.41, 5.74) is 0. The van der Waals surface area contributed by atoms with Crippen molar-refractivity contribution in [2.24, 2.45) is 5.92 Å². The highest BCUT2D eigenvalue weighted by Gasteiger charge is 2.36. The van der Waals surface area contributed by atoms with Crippen molar-refractivity contribution < 1.29 is 13.9 Å². The maximum atomic E-state index is 12.8.